The Labute approximate surface area is 122 Å². The Morgan fingerprint density at radius 1 is 1.25 bits per heavy atom. The lowest BCUT2D eigenvalue weighted by Gasteiger charge is -2.52. The van der Waals surface area contributed by atoms with Crippen LogP contribution in [-0.2, 0) is 6.54 Å². The summed E-state index contributed by atoms with van der Waals surface area (Å²) in [6, 6.07) is 4.99. The lowest BCUT2D eigenvalue weighted by Crippen LogP contribution is -2.64. The molecule has 1 saturated carbocycles. The van der Waals surface area contributed by atoms with Gasteiger partial charge in [0.1, 0.15) is 0 Å². The van der Waals surface area contributed by atoms with Gasteiger partial charge in [0, 0.05) is 43.6 Å². The summed E-state index contributed by atoms with van der Waals surface area (Å²) >= 11 is 0. The van der Waals surface area contributed by atoms with E-state index in [4.69, 9.17) is 0 Å². The van der Waals surface area contributed by atoms with Crippen LogP contribution in [-0.4, -0.2) is 34.6 Å². The molecule has 1 aliphatic heterocycles. The molecule has 0 amide bonds. The minimum absolute atomic E-state index is 0.410. The van der Waals surface area contributed by atoms with Crippen LogP contribution in [0.25, 0.3) is 0 Å². The van der Waals surface area contributed by atoms with Gasteiger partial charge in [0.2, 0.25) is 0 Å². The van der Waals surface area contributed by atoms with Crippen molar-refractivity contribution < 1.29 is 0 Å². The van der Waals surface area contributed by atoms with Gasteiger partial charge in [-0.05, 0) is 37.0 Å². The molecule has 1 saturated heterocycles. The molecule has 2 fully saturated rings. The standard InChI is InChI=1S/C17H27N3/c1-2-16-13-20(12-15-6-10-18-11-7-15)17(14-19-16)8-4-3-5-9-17/h6-7,10-11,16,19H,2-5,8-9,12-14H2,1H3. The second-order valence-electron chi connectivity index (χ2n) is 6.51. The number of hydrogen-bond acceptors (Lipinski definition) is 3. The first-order valence-electron chi connectivity index (χ1n) is 8.20. The zero-order valence-corrected chi connectivity index (χ0v) is 12.6. The van der Waals surface area contributed by atoms with Crippen molar-refractivity contribution in [2.75, 3.05) is 13.1 Å². The molecule has 3 rings (SSSR count). The maximum absolute atomic E-state index is 4.14. The maximum Gasteiger partial charge on any atom is 0.0338 e. The van der Waals surface area contributed by atoms with Crippen molar-refractivity contribution in [3.8, 4) is 0 Å². The minimum atomic E-state index is 0.410. The van der Waals surface area contributed by atoms with Crippen molar-refractivity contribution in [1.82, 2.24) is 15.2 Å². The van der Waals surface area contributed by atoms with Gasteiger partial charge in [0.15, 0.2) is 0 Å². The van der Waals surface area contributed by atoms with Crippen molar-refractivity contribution in [3.63, 3.8) is 0 Å². The van der Waals surface area contributed by atoms with E-state index in [1.807, 2.05) is 12.4 Å². The van der Waals surface area contributed by atoms with E-state index in [9.17, 15) is 0 Å². The van der Waals surface area contributed by atoms with E-state index in [0.717, 1.165) is 6.54 Å². The molecule has 1 atom stereocenters. The molecule has 1 aromatic rings. The van der Waals surface area contributed by atoms with Crippen molar-refractivity contribution in [2.45, 2.75) is 63.6 Å². The Morgan fingerprint density at radius 3 is 2.70 bits per heavy atom. The van der Waals surface area contributed by atoms with Gasteiger partial charge >= 0.3 is 0 Å². The van der Waals surface area contributed by atoms with E-state index < -0.39 is 0 Å². The molecule has 1 spiro atoms. The number of hydrogen-bond donors (Lipinski definition) is 1. The summed E-state index contributed by atoms with van der Waals surface area (Å²) in [4.78, 5) is 6.91. The molecule has 0 bridgehead atoms. The minimum Gasteiger partial charge on any atom is -0.311 e. The largest absolute Gasteiger partial charge is 0.311 e. The Bertz CT molecular complexity index is 412. The summed E-state index contributed by atoms with van der Waals surface area (Å²) in [5.41, 5.74) is 1.81. The van der Waals surface area contributed by atoms with Crippen molar-refractivity contribution in [3.05, 3.63) is 30.1 Å². The number of nitrogens with one attached hydrogen (secondary N) is 1. The third-order valence-electron chi connectivity index (χ3n) is 5.23. The molecule has 1 N–H and O–H groups in total. The van der Waals surface area contributed by atoms with Gasteiger partial charge in [0.25, 0.3) is 0 Å². The molecule has 3 nitrogen and oxygen atoms in total. The zero-order valence-electron chi connectivity index (χ0n) is 12.6. The van der Waals surface area contributed by atoms with Crippen LogP contribution in [0.3, 0.4) is 0 Å². The summed E-state index contributed by atoms with van der Waals surface area (Å²) in [5, 5.41) is 3.79. The van der Waals surface area contributed by atoms with E-state index in [-0.39, 0.29) is 0 Å². The fourth-order valence-corrected chi connectivity index (χ4v) is 3.89. The SMILES string of the molecule is CCC1CN(Cc2ccncc2)C2(CCCCC2)CN1. The monoisotopic (exact) mass is 273 g/mol. The predicted molar refractivity (Wildman–Crippen MR) is 82.5 cm³/mol. The lowest BCUT2D eigenvalue weighted by molar-refractivity contribution is 0.00272. The summed E-state index contributed by atoms with van der Waals surface area (Å²) in [5.74, 6) is 0. The quantitative estimate of drug-likeness (QED) is 0.917. The molecular weight excluding hydrogens is 246 g/mol. The van der Waals surface area contributed by atoms with Gasteiger partial charge in [-0.1, -0.05) is 26.2 Å². The highest BCUT2D eigenvalue weighted by molar-refractivity contribution is 5.12. The molecule has 1 unspecified atom stereocenters. The number of rotatable bonds is 3. The van der Waals surface area contributed by atoms with Gasteiger partial charge in [0.05, 0.1) is 0 Å². The first kappa shape index (κ1) is 14.0. The first-order chi connectivity index (χ1) is 9.82. The highest BCUT2D eigenvalue weighted by Gasteiger charge is 2.41. The van der Waals surface area contributed by atoms with Crippen LogP contribution in [0.15, 0.2) is 24.5 Å². The van der Waals surface area contributed by atoms with Gasteiger partial charge in [-0.25, -0.2) is 0 Å². The molecule has 110 valence electrons. The van der Waals surface area contributed by atoms with Gasteiger partial charge < -0.3 is 5.32 Å². The van der Waals surface area contributed by atoms with E-state index >= 15 is 0 Å². The van der Waals surface area contributed by atoms with Crippen LogP contribution in [0.2, 0.25) is 0 Å². The third kappa shape index (κ3) is 2.89. The molecule has 1 aromatic heterocycles. The topological polar surface area (TPSA) is 28.2 Å². The molecule has 2 heterocycles. The second-order valence-corrected chi connectivity index (χ2v) is 6.51. The summed E-state index contributed by atoms with van der Waals surface area (Å²) in [7, 11) is 0. The molecule has 3 heteroatoms. The smallest absolute Gasteiger partial charge is 0.0338 e. The number of aromatic nitrogens is 1. The highest BCUT2D eigenvalue weighted by atomic mass is 15.3. The Hall–Kier alpha value is -0.930. The average molecular weight is 273 g/mol. The second kappa shape index (κ2) is 6.23. The van der Waals surface area contributed by atoms with Crippen LogP contribution >= 0.6 is 0 Å². The number of piperazine rings is 1. The average Bonchev–Trinajstić information content (AvgIpc) is 2.52. The van der Waals surface area contributed by atoms with Crippen molar-refractivity contribution in [1.29, 1.82) is 0 Å². The number of nitrogens with zero attached hydrogens (tertiary/aromatic N) is 2. The van der Waals surface area contributed by atoms with E-state index in [0.29, 0.717) is 11.6 Å². The van der Waals surface area contributed by atoms with Gasteiger partial charge in [-0.3, -0.25) is 9.88 Å². The van der Waals surface area contributed by atoms with Crippen molar-refractivity contribution in [2.24, 2.45) is 0 Å². The third-order valence-corrected chi connectivity index (χ3v) is 5.23. The predicted octanol–water partition coefficient (Wildman–Crippen LogP) is 2.97. The zero-order chi connectivity index (χ0) is 13.8. The number of pyridine rings is 1. The van der Waals surface area contributed by atoms with Crippen LogP contribution in [0.4, 0.5) is 0 Å². The summed E-state index contributed by atoms with van der Waals surface area (Å²) in [6.07, 6.45) is 12.0. The first-order valence-corrected chi connectivity index (χ1v) is 8.20. The van der Waals surface area contributed by atoms with Crippen LogP contribution in [0.1, 0.15) is 51.0 Å². The van der Waals surface area contributed by atoms with Crippen LogP contribution in [0.5, 0.6) is 0 Å². The van der Waals surface area contributed by atoms with Crippen LogP contribution < -0.4 is 5.32 Å². The Balaban J connectivity index is 1.77. The van der Waals surface area contributed by atoms with Gasteiger partial charge in [-0.2, -0.15) is 0 Å². The molecule has 2 aliphatic rings. The van der Waals surface area contributed by atoms with E-state index in [2.05, 4.69) is 34.3 Å². The lowest BCUT2D eigenvalue weighted by atomic mass is 9.78. The fourth-order valence-electron chi connectivity index (χ4n) is 3.89. The van der Waals surface area contributed by atoms with Gasteiger partial charge in [-0.15, -0.1) is 0 Å². The van der Waals surface area contributed by atoms with E-state index in [1.54, 1.807) is 0 Å². The summed E-state index contributed by atoms with van der Waals surface area (Å²) in [6.45, 7) is 5.75. The van der Waals surface area contributed by atoms with Crippen molar-refractivity contribution >= 4 is 0 Å². The molecule has 20 heavy (non-hydrogen) atoms. The van der Waals surface area contributed by atoms with Crippen LogP contribution in [0, 0.1) is 0 Å². The molecule has 1 aliphatic carbocycles. The Morgan fingerprint density at radius 2 is 2.00 bits per heavy atom. The molecule has 0 radical (unpaired) electrons. The maximum atomic E-state index is 4.14. The molecular formula is C17H27N3. The fraction of sp³-hybridized carbons (Fsp3) is 0.706. The Kier molecular flexibility index (Phi) is 4.37. The van der Waals surface area contributed by atoms with E-state index in [1.165, 1.54) is 57.2 Å². The molecule has 0 aromatic carbocycles. The normalized spacial score (nSPS) is 26.8. The highest BCUT2D eigenvalue weighted by Crippen LogP contribution is 2.36. The summed E-state index contributed by atoms with van der Waals surface area (Å²) < 4.78 is 0.